The van der Waals surface area contributed by atoms with Gasteiger partial charge >= 0.3 is 0 Å². The number of aromatic nitrogens is 1. The van der Waals surface area contributed by atoms with Crippen molar-refractivity contribution in [2.75, 3.05) is 32.1 Å². The van der Waals surface area contributed by atoms with E-state index in [2.05, 4.69) is 10.3 Å². The van der Waals surface area contributed by atoms with Gasteiger partial charge in [-0.25, -0.2) is 0 Å². The Morgan fingerprint density at radius 1 is 1.42 bits per heavy atom. The van der Waals surface area contributed by atoms with E-state index in [0.717, 1.165) is 5.52 Å². The monoisotopic (exact) mass is 261 g/mol. The van der Waals surface area contributed by atoms with E-state index in [1.54, 1.807) is 13.2 Å². The number of benzene rings is 1. The van der Waals surface area contributed by atoms with Crippen LogP contribution in [0, 0.1) is 5.92 Å². The summed E-state index contributed by atoms with van der Waals surface area (Å²) in [6, 6.07) is 9.02. The number of nitrogens with two attached hydrogens (primary N) is 1. The molecule has 0 aliphatic rings. The largest absolute Gasteiger partial charge is 0.384 e. The number of ether oxygens (including phenoxy) is 1. The molecule has 0 bridgehead atoms. The third-order valence-electron chi connectivity index (χ3n) is 3.05. The number of pyridine rings is 1. The Labute approximate surface area is 111 Å². The van der Waals surface area contributed by atoms with Crippen LogP contribution in [0.3, 0.4) is 0 Å². The number of nitrogens with one attached hydrogen (secondary N) is 2. The Morgan fingerprint density at radius 3 is 2.95 bits per heavy atom. The Hall–Kier alpha value is -1.85. The molecule has 102 valence electrons. The van der Waals surface area contributed by atoms with Crippen LogP contribution in [0.5, 0.6) is 0 Å². The summed E-state index contributed by atoms with van der Waals surface area (Å²) in [6.07, 6.45) is 0. The molecule has 5 heteroatoms. The fourth-order valence-corrected chi connectivity index (χ4v) is 1.99. The van der Waals surface area contributed by atoms with E-state index in [9.17, 15) is 4.79 Å². The van der Waals surface area contributed by atoms with E-state index in [-0.39, 0.29) is 11.3 Å². The second-order valence-electron chi connectivity index (χ2n) is 4.53. The molecular formula is C14H19N3O2. The maximum absolute atomic E-state index is 11.9. The molecule has 1 heterocycles. The summed E-state index contributed by atoms with van der Waals surface area (Å²) in [5, 5.41) is 3.89. The van der Waals surface area contributed by atoms with E-state index in [1.165, 1.54) is 0 Å². The molecule has 4 N–H and O–H groups in total. The molecule has 1 unspecified atom stereocenters. The van der Waals surface area contributed by atoms with Gasteiger partial charge in [-0.05, 0) is 18.7 Å². The van der Waals surface area contributed by atoms with E-state index < -0.39 is 0 Å². The van der Waals surface area contributed by atoms with E-state index in [1.807, 2.05) is 24.3 Å². The molecular weight excluding hydrogens is 242 g/mol. The van der Waals surface area contributed by atoms with Crippen molar-refractivity contribution in [3.05, 3.63) is 40.6 Å². The van der Waals surface area contributed by atoms with Gasteiger partial charge in [0.25, 0.3) is 0 Å². The molecule has 0 spiro atoms. The summed E-state index contributed by atoms with van der Waals surface area (Å²) >= 11 is 0. The highest BCUT2D eigenvalue weighted by Crippen LogP contribution is 2.10. The zero-order valence-corrected chi connectivity index (χ0v) is 11.0. The van der Waals surface area contributed by atoms with Gasteiger partial charge in [0.1, 0.15) is 5.82 Å². The number of para-hydroxylation sites is 1. The minimum absolute atomic E-state index is 0.00731. The molecule has 0 radical (unpaired) electrons. The van der Waals surface area contributed by atoms with Gasteiger partial charge in [0.2, 0.25) is 0 Å². The molecule has 19 heavy (non-hydrogen) atoms. The summed E-state index contributed by atoms with van der Waals surface area (Å²) < 4.78 is 5.09. The van der Waals surface area contributed by atoms with Gasteiger partial charge in [-0.2, -0.15) is 0 Å². The molecule has 0 fully saturated rings. The molecule has 2 aromatic rings. The average Bonchev–Trinajstić information content (AvgIpc) is 2.43. The van der Waals surface area contributed by atoms with Crippen molar-refractivity contribution in [1.82, 2.24) is 4.98 Å². The standard InChI is InChI=1S/C14H19N3O2/c1-19-9-10(7-15)8-16-14-6-13(18)11-4-2-3-5-12(11)17-14/h2-6,10H,7-9,15H2,1H3,(H2,16,17,18). The number of hydrogen-bond donors (Lipinski definition) is 3. The Balaban J connectivity index is 2.15. The minimum Gasteiger partial charge on any atom is -0.384 e. The van der Waals surface area contributed by atoms with Crippen LogP contribution in [0.4, 0.5) is 5.82 Å². The highest BCUT2D eigenvalue weighted by molar-refractivity contribution is 5.79. The Kier molecular flexibility index (Phi) is 4.54. The average molecular weight is 261 g/mol. The first-order valence-corrected chi connectivity index (χ1v) is 6.29. The van der Waals surface area contributed by atoms with Crippen LogP contribution in [0.15, 0.2) is 35.1 Å². The van der Waals surface area contributed by atoms with Gasteiger partial charge in [0, 0.05) is 31.0 Å². The number of aromatic amines is 1. The second-order valence-corrected chi connectivity index (χ2v) is 4.53. The zero-order chi connectivity index (χ0) is 13.7. The smallest absolute Gasteiger partial charge is 0.191 e. The molecule has 1 atom stereocenters. The van der Waals surface area contributed by atoms with Crippen LogP contribution in [-0.4, -0.2) is 31.8 Å². The van der Waals surface area contributed by atoms with Crippen molar-refractivity contribution in [1.29, 1.82) is 0 Å². The first kappa shape index (κ1) is 13.6. The Morgan fingerprint density at radius 2 is 2.21 bits per heavy atom. The third kappa shape index (κ3) is 3.33. The van der Waals surface area contributed by atoms with Crippen molar-refractivity contribution in [3.8, 4) is 0 Å². The topological polar surface area (TPSA) is 80.1 Å². The number of methoxy groups -OCH3 is 1. The summed E-state index contributed by atoms with van der Waals surface area (Å²) in [6.45, 7) is 1.80. The van der Waals surface area contributed by atoms with Gasteiger partial charge in [-0.3, -0.25) is 4.79 Å². The summed E-state index contributed by atoms with van der Waals surface area (Å²) in [4.78, 5) is 15.1. The first-order valence-electron chi connectivity index (χ1n) is 6.29. The van der Waals surface area contributed by atoms with Crippen molar-refractivity contribution >= 4 is 16.7 Å². The fourth-order valence-electron chi connectivity index (χ4n) is 1.99. The maximum Gasteiger partial charge on any atom is 0.191 e. The van der Waals surface area contributed by atoms with Gasteiger partial charge in [0.05, 0.1) is 12.1 Å². The van der Waals surface area contributed by atoms with Crippen molar-refractivity contribution in [3.63, 3.8) is 0 Å². The van der Waals surface area contributed by atoms with Crippen LogP contribution >= 0.6 is 0 Å². The highest BCUT2D eigenvalue weighted by atomic mass is 16.5. The molecule has 0 saturated carbocycles. The van der Waals surface area contributed by atoms with Crippen molar-refractivity contribution in [2.24, 2.45) is 11.7 Å². The lowest BCUT2D eigenvalue weighted by Gasteiger charge is -2.15. The fraction of sp³-hybridized carbons (Fsp3) is 0.357. The maximum atomic E-state index is 11.9. The second kappa shape index (κ2) is 6.36. The van der Waals surface area contributed by atoms with Crippen LogP contribution in [-0.2, 0) is 4.74 Å². The van der Waals surface area contributed by atoms with Gasteiger partial charge in [-0.15, -0.1) is 0 Å². The normalized spacial score (nSPS) is 12.5. The van der Waals surface area contributed by atoms with Crippen LogP contribution in [0.2, 0.25) is 0 Å². The molecule has 0 amide bonds. The van der Waals surface area contributed by atoms with Crippen molar-refractivity contribution < 1.29 is 4.74 Å². The summed E-state index contributed by atoms with van der Waals surface area (Å²) in [7, 11) is 1.65. The molecule has 1 aromatic carbocycles. The lowest BCUT2D eigenvalue weighted by Crippen LogP contribution is -2.27. The van der Waals surface area contributed by atoms with Gasteiger partial charge < -0.3 is 20.8 Å². The minimum atomic E-state index is 0.00731. The quantitative estimate of drug-likeness (QED) is 0.729. The Bertz CT molecular complexity index is 595. The number of fused-ring (bicyclic) bond motifs is 1. The number of rotatable bonds is 6. The van der Waals surface area contributed by atoms with E-state index >= 15 is 0 Å². The van der Waals surface area contributed by atoms with Crippen LogP contribution in [0.1, 0.15) is 0 Å². The number of H-pyrrole nitrogens is 1. The summed E-state index contributed by atoms with van der Waals surface area (Å²) in [5.41, 5.74) is 6.49. The lowest BCUT2D eigenvalue weighted by molar-refractivity contribution is 0.160. The van der Waals surface area contributed by atoms with Gasteiger partial charge in [0.15, 0.2) is 5.43 Å². The van der Waals surface area contributed by atoms with Crippen molar-refractivity contribution in [2.45, 2.75) is 0 Å². The van der Waals surface area contributed by atoms with Crippen LogP contribution in [0.25, 0.3) is 10.9 Å². The SMILES string of the molecule is COCC(CN)CNc1cc(=O)c2ccccc2[nH]1. The van der Waals surface area contributed by atoms with Gasteiger partial charge in [-0.1, -0.05) is 12.1 Å². The molecule has 2 rings (SSSR count). The molecule has 0 saturated heterocycles. The first-order chi connectivity index (χ1) is 9.24. The molecule has 5 nitrogen and oxygen atoms in total. The summed E-state index contributed by atoms with van der Waals surface area (Å²) in [5.74, 6) is 0.929. The highest BCUT2D eigenvalue weighted by Gasteiger charge is 2.07. The lowest BCUT2D eigenvalue weighted by atomic mass is 10.1. The van der Waals surface area contributed by atoms with E-state index in [0.29, 0.717) is 30.9 Å². The predicted octanol–water partition coefficient (Wildman–Crippen LogP) is 1.16. The van der Waals surface area contributed by atoms with E-state index in [4.69, 9.17) is 10.5 Å². The zero-order valence-electron chi connectivity index (χ0n) is 11.0. The predicted molar refractivity (Wildman–Crippen MR) is 77.5 cm³/mol. The molecule has 0 aliphatic heterocycles. The number of hydrogen-bond acceptors (Lipinski definition) is 4. The molecule has 1 aromatic heterocycles. The third-order valence-corrected chi connectivity index (χ3v) is 3.05. The van der Waals surface area contributed by atoms with Crippen LogP contribution < -0.4 is 16.5 Å². The number of anilines is 1. The molecule has 0 aliphatic carbocycles.